The third-order valence-corrected chi connectivity index (χ3v) is 5.75. The molecule has 1 heterocycles. The summed E-state index contributed by atoms with van der Waals surface area (Å²) in [6.07, 6.45) is 1.45. The van der Waals surface area contributed by atoms with Crippen molar-refractivity contribution >= 4 is 31.5 Å². The summed E-state index contributed by atoms with van der Waals surface area (Å²) in [5.41, 5.74) is 5.74. The molecule has 0 fully saturated rings. The molecule has 18 heavy (non-hydrogen) atoms. The Bertz CT molecular complexity index is 600. The van der Waals surface area contributed by atoms with Crippen LogP contribution in [0.25, 0.3) is 0 Å². The minimum Gasteiger partial charge on any atom is -0.398 e. The first-order valence-electron chi connectivity index (χ1n) is 5.42. The van der Waals surface area contributed by atoms with Crippen LogP contribution in [0.2, 0.25) is 0 Å². The number of anilines is 1. The van der Waals surface area contributed by atoms with E-state index in [0.717, 1.165) is 0 Å². The third kappa shape index (κ3) is 3.35. The fourth-order valence-corrected chi connectivity index (χ4v) is 2.85. The number of rotatable bonds is 3. The molecule has 0 atom stereocenters. The number of nitrogens with zero attached hydrogens (tertiary/aromatic N) is 1. The average molecular weight is 337 g/mol. The van der Waals surface area contributed by atoms with Crippen molar-refractivity contribution in [3.8, 4) is 0 Å². The van der Waals surface area contributed by atoms with Gasteiger partial charge in [-0.1, -0.05) is 0 Å². The topological polar surface area (TPSA) is 82.2 Å². The van der Waals surface area contributed by atoms with E-state index in [1.807, 2.05) is 0 Å². The fourth-order valence-electron chi connectivity index (χ4n) is 1.31. The molecule has 0 aliphatic rings. The van der Waals surface area contributed by atoms with Crippen LogP contribution in [0.3, 0.4) is 0 Å². The number of aromatic nitrogens is 1. The van der Waals surface area contributed by atoms with Crippen LogP contribution in [-0.4, -0.2) is 23.5 Å². The van der Waals surface area contributed by atoms with Crippen LogP contribution in [0.15, 0.2) is 21.5 Å². The van der Waals surface area contributed by atoms with E-state index in [1.54, 1.807) is 20.8 Å². The summed E-state index contributed by atoms with van der Waals surface area (Å²) in [6, 6.07) is 1.50. The van der Waals surface area contributed by atoms with E-state index in [9.17, 15) is 13.2 Å². The molecule has 0 saturated heterocycles. The van der Waals surface area contributed by atoms with Crippen LogP contribution in [-0.2, 0) is 16.4 Å². The molecule has 0 unspecified atom stereocenters. The summed E-state index contributed by atoms with van der Waals surface area (Å²) in [5.74, 6) is -0.0910. The largest absolute Gasteiger partial charge is 0.398 e. The second-order valence-corrected chi connectivity index (χ2v) is 8.77. The van der Waals surface area contributed by atoms with Gasteiger partial charge in [0.1, 0.15) is 0 Å². The molecule has 0 amide bonds. The maximum absolute atomic E-state index is 11.9. The van der Waals surface area contributed by atoms with Gasteiger partial charge >= 0.3 is 0 Å². The molecule has 0 aliphatic carbocycles. The summed E-state index contributed by atoms with van der Waals surface area (Å²) in [5, 5.41) is 0. The lowest BCUT2D eigenvalue weighted by atomic mass is 10.3. The van der Waals surface area contributed by atoms with E-state index in [4.69, 9.17) is 5.73 Å². The van der Waals surface area contributed by atoms with Gasteiger partial charge in [0.15, 0.2) is 9.84 Å². The number of halogens is 1. The number of pyridine rings is 1. The van der Waals surface area contributed by atoms with Crippen molar-refractivity contribution in [2.75, 3.05) is 11.5 Å². The lowest BCUT2D eigenvalue weighted by Crippen LogP contribution is -2.33. The van der Waals surface area contributed by atoms with Gasteiger partial charge in [-0.05, 0) is 42.8 Å². The van der Waals surface area contributed by atoms with E-state index in [1.165, 1.54) is 16.8 Å². The predicted octanol–water partition coefficient (Wildman–Crippen LogP) is 1.41. The van der Waals surface area contributed by atoms with Gasteiger partial charge in [-0.15, -0.1) is 0 Å². The maximum atomic E-state index is 11.9. The zero-order valence-electron chi connectivity index (χ0n) is 10.6. The number of sulfone groups is 1. The molecular weight excluding hydrogens is 320 g/mol. The number of nitrogen functional groups attached to an aromatic ring is 1. The van der Waals surface area contributed by atoms with Crippen molar-refractivity contribution in [1.29, 1.82) is 0 Å². The lowest BCUT2D eigenvalue weighted by Gasteiger charge is -2.19. The zero-order chi connectivity index (χ0) is 14.1. The third-order valence-electron chi connectivity index (χ3n) is 2.60. The van der Waals surface area contributed by atoms with Crippen molar-refractivity contribution in [3.63, 3.8) is 0 Å². The van der Waals surface area contributed by atoms with Crippen LogP contribution >= 0.6 is 15.9 Å². The molecule has 102 valence electrons. The minimum absolute atomic E-state index is 0.0910. The molecule has 0 aliphatic heterocycles. The quantitative estimate of drug-likeness (QED) is 0.904. The number of hydrogen-bond donors (Lipinski definition) is 1. The highest BCUT2D eigenvalue weighted by Crippen LogP contribution is 2.16. The van der Waals surface area contributed by atoms with E-state index in [0.29, 0.717) is 10.2 Å². The molecule has 0 radical (unpaired) electrons. The highest BCUT2D eigenvalue weighted by molar-refractivity contribution is 9.10. The van der Waals surface area contributed by atoms with Crippen molar-refractivity contribution in [2.24, 2.45) is 0 Å². The SMILES string of the molecule is CC(C)(C)S(=O)(=O)CCn1cc(N)cc(Br)c1=O. The molecule has 2 N–H and O–H groups in total. The maximum Gasteiger partial charge on any atom is 0.265 e. The monoisotopic (exact) mass is 336 g/mol. The molecule has 0 spiro atoms. The Kier molecular flexibility index (Phi) is 4.27. The number of hydrogen-bond acceptors (Lipinski definition) is 4. The molecular formula is C11H17BrN2O3S. The average Bonchev–Trinajstić information content (AvgIpc) is 2.19. The Morgan fingerprint density at radius 1 is 1.39 bits per heavy atom. The molecule has 0 aromatic carbocycles. The van der Waals surface area contributed by atoms with Crippen LogP contribution in [0.1, 0.15) is 20.8 Å². The predicted molar refractivity (Wildman–Crippen MR) is 76.4 cm³/mol. The molecule has 7 heteroatoms. The van der Waals surface area contributed by atoms with Crippen LogP contribution < -0.4 is 11.3 Å². The van der Waals surface area contributed by atoms with Crippen molar-refractivity contribution in [3.05, 3.63) is 27.1 Å². The summed E-state index contributed by atoms with van der Waals surface area (Å²) in [6.45, 7) is 5.02. The van der Waals surface area contributed by atoms with Gasteiger partial charge < -0.3 is 10.3 Å². The van der Waals surface area contributed by atoms with Crippen LogP contribution in [0.4, 0.5) is 5.69 Å². The fraction of sp³-hybridized carbons (Fsp3) is 0.545. The second-order valence-electron chi connectivity index (χ2n) is 5.05. The standard InChI is InChI=1S/C11H17BrN2O3S/c1-11(2,3)18(16,17)5-4-14-7-8(13)6-9(12)10(14)15/h6-7H,4-5,13H2,1-3H3. The van der Waals surface area contributed by atoms with E-state index < -0.39 is 14.6 Å². The number of aryl methyl sites for hydroxylation is 1. The molecule has 0 saturated carbocycles. The van der Waals surface area contributed by atoms with Crippen molar-refractivity contribution in [1.82, 2.24) is 4.57 Å². The Morgan fingerprint density at radius 3 is 2.44 bits per heavy atom. The van der Waals surface area contributed by atoms with Crippen molar-refractivity contribution in [2.45, 2.75) is 32.1 Å². The Hall–Kier alpha value is -0.820. The van der Waals surface area contributed by atoms with Gasteiger partial charge in [-0.3, -0.25) is 4.79 Å². The molecule has 1 aromatic rings. The Morgan fingerprint density at radius 2 is 1.94 bits per heavy atom. The molecule has 1 aromatic heterocycles. The number of nitrogens with two attached hydrogens (primary N) is 1. The zero-order valence-corrected chi connectivity index (χ0v) is 13.0. The van der Waals surface area contributed by atoms with Crippen molar-refractivity contribution < 1.29 is 8.42 Å². The highest BCUT2D eigenvalue weighted by atomic mass is 79.9. The first kappa shape index (κ1) is 15.2. The molecule has 1 rings (SSSR count). The molecule has 0 bridgehead atoms. The van der Waals surface area contributed by atoms with Gasteiger partial charge in [0.25, 0.3) is 5.56 Å². The van der Waals surface area contributed by atoms with Gasteiger partial charge in [-0.2, -0.15) is 0 Å². The van der Waals surface area contributed by atoms with Gasteiger partial charge in [0.05, 0.1) is 15.0 Å². The highest BCUT2D eigenvalue weighted by Gasteiger charge is 2.28. The molecule has 5 nitrogen and oxygen atoms in total. The minimum atomic E-state index is -3.25. The van der Waals surface area contributed by atoms with Gasteiger partial charge in [0.2, 0.25) is 0 Å². The summed E-state index contributed by atoms with van der Waals surface area (Å²) < 4.78 is 24.7. The van der Waals surface area contributed by atoms with Crippen LogP contribution in [0, 0.1) is 0 Å². The summed E-state index contributed by atoms with van der Waals surface area (Å²) in [7, 11) is -3.25. The first-order valence-corrected chi connectivity index (χ1v) is 7.87. The van der Waals surface area contributed by atoms with Gasteiger partial charge in [-0.25, -0.2) is 8.42 Å². The Labute approximate surface area is 115 Å². The van der Waals surface area contributed by atoms with Crippen LogP contribution in [0.5, 0.6) is 0 Å². The first-order chi connectivity index (χ1) is 8.04. The van der Waals surface area contributed by atoms with Gasteiger partial charge in [0, 0.05) is 18.4 Å². The summed E-state index contributed by atoms with van der Waals surface area (Å²) in [4.78, 5) is 11.8. The second kappa shape index (κ2) is 5.05. The smallest absolute Gasteiger partial charge is 0.265 e. The normalized spacial score (nSPS) is 12.7. The summed E-state index contributed by atoms with van der Waals surface area (Å²) >= 11 is 3.09. The lowest BCUT2D eigenvalue weighted by molar-refractivity contribution is 0.552. The van der Waals surface area contributed by atoms with E-state index in [2.05, 4.69) is 15.9 Å². The Balaban J connectivity index is 2.99. The van der Waals surface area contributed by atoms with E-state index in [-0.39, 0.29) is 17.9 Å². The van der Waals surface area contributed by atoms with E-state index >= 15 is 0 Å².